The van der Waals surface area contributed by atoms with Crippen LogP contribution in [0.15, 0.2) is 41.3 Å². The number of benzene rings is 2. The molecule has 10 nitrogen and oxygen atoms in total. The minimum atomic E-state index is -3.74. The molecule has 0 aromatic heterocycles. The second-order valence-electron chi connectivity index (χ2n) is 6.54. The van der Waals surface area contributed by atoms with Crippen molar-refractivity contribution < 1.29 is 22.9 Å². The number of nitro groups is 1. The van der Waals surface area contributed by atoms with Crippen LogP contribution in [-0.4, -0.2) is 50.8 Å². The van der Waals surface area contributed by atoms with Crippen molar-refractivity contribution in [3.05, 3.63) is 52.1 Å². The van der Waals surface area contributed by atoms with Crippen LogP contribution in [-0.2, 0) is 14.8 Å². The number of carbonyl (C=O) groups is 1. The third-order valence-corrected chi connectivity index (χ3v) is 5.99. The van der Waals surface area contributed by atoms with Crippen molar-refractivity contribution in [1.29, 1.82) is 0 Å². The van der Waals surface area contributed by atoms with Crippen LogP contribution in [0.25, 0.3) is 0 Å². The molecule has 0 fully saturated rings. The standard InChI is InChI=1S/C19H24N4O6S/c1-5-29-17-9-6-14(11-18(17)30(27,28)22(3)4)20-12-19(24)21-16-8-7-15(23(25)26)10-13(16)2/h6-11,20H,5,12H2,1-4H3,(H,21,24). The average Bonchev–Trinajstić information content (AvgIpc) is 2.68. The highest BCUT2D eigenvalue weighted by molar-refractivity contribution is 7.89. The molecule has 0 radical (unpaired) electrons. The number of hydrogen-bond acceptors (Lipinski definition) is 7. The summed E-state index contributed by atoms with van der Waals surface area (Å²) in [5.74, 6) is -0.166. The summed E-state index contributed by atoms with van der Waals surface area (Å²) in [5.41, 5.74) is 1.37. The number of rotatable bonds is 9. The first kappa shape index (κ1) is 23.1. The molecule has 2 rings (SSSR count). The van der Waals surface area contributed by atoms with Gasteiger partial charge >= 0.3 is 0 Å². The summed E-state index contributed by atoms with van der Waals surface area (Å²) in [4.78, 5) is 22.5. The third-order valence-electron chi connectivity index (χ3n) is 4.15. The first-order valence-corrected chi connectivity index (χ1v) is 10.5. The number of sulfonamides is 1. The lowest BCUT2D eigenvalue weighted by atomic mass is 10.2. The van der Waals surface area contributed by atoms with Crippen LogP contribution in [0.5, 0.6) is 5.75 Å². The highest BCUT2D eigenvalue weighted by Crippen LogP contribution is 2.29. The first-order chi connectivity index (χ1) is 14.1. The molecule has 0 atom stereocenters. The van der Waals surface area contributed by atoms with Crippen LogP contribution in [0, 0.1) is 17.0 Å². The molecule has 0 bridgehead atoms. The van der Waals surface area contributed by atoms with Crippen LogP contribution < -0.4 is 15.4 Å². The van der Waals surface area contributed by atoms with Gasteiger partial charge in [-0.15, -0.1) is 0 Å². The maximum Gasteiger partial charge on any atom is 0.269 e. The number of hydrogen-bond donors (Lipinski definition) is 2. The summed E-state index contributed by atoms with van der Waals surface area (Å²) in [7, 11) is -0.900. The fourth-order valence-electron chi connectivity index (χ4n) is 2.57. The van der Waals surface area contributed by atoms with E-state index in [0.717, 1.165) is 4.31 Å². The van der Waals surface area contributed by atoms with Crippen molar-refractivity contribution in [2.45, 2.75) is 18.7 Å². The van der Waals surface area contributed by atoms with Gasteiger partial charge in [0.1, 0.15) is 10.6 Å². The highest BCUT2D eigenvalue weighted by atomic mass is 32.2. The molecule has 0 saturated heterocycles. The van der Waals surface area contributed by atoms with E-state index in [4.69, 9.17) is 4.74 Å². The fraction of sp³-hybridized carbons (Fsp3) is 0.316. The van der Waals surface area contributed by atoms with Gasteiger partial charge in [0.05, 0.1) is 18.1 Å². The highest BCUT2D eigenvalue weighted by Gasteiger charge is 2.23. The Kier molecular flexibility index (Phi) is 7.35. The summed E-state index contributed by atoms with van der Waals surface area (Å²) < 4.78 is 31.6. The summed E-state index contributed by atoms with van der Waals surface area (Å²) in [5, 5.41) is 16.3. The Morgan fingerprint density at radius 1 is 1.20 bits per heavy atom. The second-order valence-corrected chi connectivity index (χ2v) is 8.66. The van der Waals surface area contributed by atoms with Gasteiger partial charge in [0.2, 0.25) is 15.9 Å². The summed E-state index contributed by atoms with van der Waals surface area (Å²) in [6, 6.07) is 8.69. The lowest BCUT2D eigenvalue weighted by molar-refractivity contribution is -0.384. The van der Waals surface area contributed by atoms with E-state index in [1.54, 1.807) is 19.9 Å². The van der Waals surface area contributed by atoms with Crippen LogP contribution in [0.1, 0.15) is 12.5 Å². The Morgan fingerprint density at radius 2 is 1.90 bits per heavy atom. The number of ether oxygens (including phenoxy) is 1. The molecular formula is C19H24N4O6S. The molecule has 30 heavy (non-hydrogen) atoms. The van der Waals surface area contributed by atoms with Crippen molar-refractivity contribution >= 4 is 33.0 Å². The number of nitro benzene ring substituents is 1. The van der Waals surface area contributed by atoms with Gasteiger partial charge in [-0.2, -0.15) is 0 Å². The van der Waals surface area contributed by atoms with E-state index in [2.05, 4.69) is 10.6 Å². The van der Waals surface area contributed by atoms with Gasteiger partial charge in [-0.1, -0.05) is 0 Å². The Hall–Kier alpha value is -3.18. The summed E-state index contributed by atoms with van der Waals surface area (Å²) in [6.07, 6.45) is 0. The Morgan fingerprint density at radius 3 is 2.47 bits per heavy atom. The number of nitrogens with one attached hydrogen (secondary N) is 2. The van der Waals surface area contributed by atoms with Crippen molar-refractivity contribution in [2.75, 3.05) is 37.9 Å². The third kappa shape index (κ3) is 5.45. The topological polar surface area (TPSA) is 131 Å². The van der Waals surface area contributed by atoms with E-state index in [1.807, 2.05) is 0 Å². The molecule has 0 heterocycles. The molecule has 0 aliphatic carbocycles. The van der Waals surface area contributed by atoms with Gasteiger partial charge in [-0.25, -0.2) is 12.7 Å². The van der Waals surface area contributed by atoms with Crippen molar-refractivity contribution in [3.8, 4) is 5.75 Å². The van der Waals surface area contributed by atoms with Crippen LogP contribution >= 0.6 is 0 Å². The van der Waals surface area contributed by atoms with E-state index < -0.39 is 20.9 Å². The molecule has 11 heteroatoms. The predicted molar refractivity (Wildman–Crippen MR) is 113 cm³/mol. The van der Waals surface area contributed by atoms with Gasteiger partial charge in [-0.3, -0.25) is 14.9 Å². The zero-order valence-corrected chi connectivity index (χ0v) is 17.9. The zero-order valence-electron chi connectivity index (χ0n) is 17.1. The summed E-state index contributed by atoms with van der Waals surface area (Å²) in [6.45, 7) is 3.58. The smallest absolute Gasteiger partial charge is 0.269 e. The largest absolute Gasteiger partial charge is 0.492 e. The number of nitrogens with zero attached hydrogens (tertiary/aromatic N) is 2. The monoisotopic (exact) mass is 436 g/mol. The lowest BCUT2D eigenvalue weighted by Gasteiger charge is -2.17. The van der Waals surface area contributed by atoms with Gasteiger partial charge < -0.3 is 15.4 Å². The van der Waals surface area contributed by atoms with E-state index in [-0.39, 0.29) is 22.9 Å². The maximum atomic E-state index is 12.6. The van der Waals surface area contributed by atoms with Crippen LogP contribution in [0.4, 0.5) is 17.1 Å². The van der Waals surface area contributed by atoms with Gasteiger partial charge in [0.15, 0.2) is 0 Å². The van der Waals surface area contributed by atoms with E-state index in [9.17, 15) is 23.3 Å². The number of aryl methyl sites for hydroxylation is 1. The average molecular weight is 436 g/mol. The maximum absolute atomic E-state index is 12.6. The second kappa shape index (κ2) is 9.55. The minimum Gasteiger partial charge on any atom is -0.492 e. The normalized spacial score (nSPS) is 11.2. The summed E-state index contributed by atoms with van der Waals surface area (Å²) >= 11 is 0. The zero-order chi connectivity index (χ0) is 22.5. The van der Waals surface area contributed by atoms with Gasteiger partial charge in [0, 0.05) is 37.6 Å². The number of non-ortho nitro benzene ring substituents is 1. The molecule has 1 amide bonds. The fourth-order valence-corrected chi connectivity index (χ4v) is 3.62. The molecule has 0 aliphatic rings. The minimum absolute atomic E-state index is 0.00836. The quantitative estimate of drug-likeness (QED) is 0.456. The molecule has 162 valence electrons. The number of amides is 1. The van der Waals surface area contributed by atoms with Crippen LogP contribution in [0.3, 0.4) is 0 Å². The lowest BCUT2D eigenvalue weighted by Crippen LogP contribution is -2.24. The first-order valence-electron chi connectivity index (χ1n) is 9.04. The van der Waals surface area contributed by atoms with E-state index in [0.29, 0.717) is 23.5 Å². The predicted octanol–water partition coefficient (Wildman–Crippen LogP) is 2.60. The Bertz CT molecular complexity index is 1050. The van der Waals surface area contributed by atoms with Crippen molar-refractivity contribution in [1.82, 2.24) is 4.31 Å². The molecule has 0 saturated carbocycles. The van der Waals surface area contributed by atoms with Gasteiger partial charge in [-0.05, 0) is 43.7 Å². The van der Waals surface area contributed by atoms with Crippen molar-refractivity contribution in [3.63, 3.8) is 0 Å². The number of carbonyl (C=O) groups excluding carboxylic acids is 1. The SMILES string of the molecule is CCOc1ccc(NCC(=O)Nc2ccc([N+](=O)[O-])cc2C)cc1S(=O)(=O)N(C)C. The molecule has 0 unspecified atom stereocenters. The molecule has 2 N–H and O–H groups in total. The van der Waals surface area contributed by atoms with E-state index >= 15 is 0 Å². The molecule has 0 aliphatic heterocycles. The van der Waals surface area contributed by atoms with Gasteiger partial charge in [0.25, 0.3) is 5.69 Å². The van der Waals surface area contributed by atoms with Crippen LogP contribution in [0.2, 0.25) is 0 Å². The molecule has 0 spiro atoms. The molecule has 2 aromatic carbocycles. The Balaban J connectivity index is 2.13. The Labute approximate surface area is 175 Å². The molecular weight excluding hydrogens is 412 g/mol. The molecule has 2 aromatic rings. The number of anilines is 2. The van der Waals surface area contributed by atoms with E-state index in [1.165, 1.54) is 44.4 Å². The van der Waals surface area contributed by atoms with Crippen molar-refractivity contribution in [2.24, 2.45) is 0 Å².